The van der Waals surface area contributed by atoms with E-state index in [0.717, 1.165) is 18.4 Å². The number of anilines is 3. The summed E-state index contributed by atoms with van der Waals surface area (Å²) in [6.07, 6.45) is 10.9. The molecule has 4 aromatic heterocycles. The molecule has 1 fully saturated rings. The molecule has 4 heterocycles. The Labute approximate surface area is 224 Å². The fraction of sp³-hybridized carbons (Fsp3) is 0.423. The van der Waals surface area contributed by atoms with Crippen LogP contribution in [0.2, 0.25) is 0 Å². The van der Waals surface area contributed by atoms with Crippen molar-refractivity contribution in [1.29, 1.82) is 0 Å². The quantitative estimate of drug-likeness (QED) is 0.267. The van der Waals surface area contributed by atoms with Crippen LogP contribution < -0.4 is 10.6 Å². The molecule has 3 N–H and O–H groups in total. The lowest BCUT2D eigenvalue weighted by atomic mass is 9.83. The molecule has 11 nitrogen and oxygen atoms in total. The van der Waals surface area contributed by atoms with Gasteiger partial charge < -0.3 is 20.5 Å². The zero-order valence-electron chi connectivity index (χ0n) is 21.8. The normalized spacial score (nSPS) is 19.4. The molecule has 39 heavy (non-hydrogen) atoms. The third kappa shape index (κ3) is 6.55. The average molecular weight is 540 g/mol. The number of alkyl halides is 2. The number of rotatable bonds is 10. The largest absolute Gasteiger partial charge is 0.390 e. The molecule has 5 rings (SSSR count). The summed E-state index contributed by atoms with van der Waals surface area (Å²) in [6.45, 7) is 0.281. The minimum Gasteiger partial charge on any atom is -0.390 e. The summed E-state index contributed by atoms with van der Waals surface area (Å²) in [5.74, 6) is 1.55. The second-order valence-corrected chi connectivity index (χ2v) is 9.86. The van der Waals surface area contributed by atoms with E-state index in [0.29, 0.717) is 65.1 Å². The van der Waals surface area contributed by atoms with Crippen molar-refractivity contribution in [2.24, 2.45) is 0 Å². The highest BCUT2D eigenvalue weighted by Crippen LogP contribution is 2.34. The summed E-state index contributed by atoms with van der Waals surface area (Å²) < 4.78 is 33.8. The molecule has 206 valence electrons. The minimum atomic E-state index is -2.73. The minimum absolute atomic E-state index is 0.108. The molecule has 1 aliphatic rings. The molecule has 0 unspecified atom stereocenters. The summed E-state index contributed by atoms with van der Waals surface area (Å²) >= 11 is 0. The highest BCUT2D eigenvalue weighted by molar-refractivity contribution is 5.78. The summed E-state index contributed by atoms with van der Waals surface area (Å²) in [4.78, 5) is 13.5. The van der Waals surface area contributed by atoms with Gasteiger partial charge in [-0.3, -0.25) is 4.68 Å². The Kier molecular flexibility index (Phi) is 7.79. The van der Waals surface area contributed by atoms with Gasteiger partial charge in [0.1, 0.15) is 11.6 Å². The number of aromatic nitrogens is 7. The van der Waals surface area contributed by atoms with Crippen molar-refractivity contribution in [3.05, 3.63) is 49.2 Å². The van der Waals surface area contributed by atoms with E-state index in [1.807, 2.05) is 19.2 Å². The summed E-state index contributed by atoms with van der Waals surface area (Å²) in [6, 6.07) is 5.19. The van der Waals surface area contributed by atoms with Crippen LogP contribution in [0.5, 0.6) is 0 Å². The molecule has 0 saturated heterocycles. The van der Waals surface area contributed by atoms with Gasteiger partial charge in [-0.05, 0) is 44.7 Å². The highest BCUT2D eigenvalue weighted by Gasteiger charge is 2.29. The van der Waals surface area contributed by atoms with E-state index in [2.05, 4.69) is 35.8 Å². The van der Waals surface area contributed by atoms with Crippen LogP contribution in [0.4, 0.5) is 26.1 Å². The fourth-order valence-electron chi connectivity index (χ4n) is 4.53. The molecule has 1 aliphatic carbocycles. The van der Waals surface area contributed by atoms with Crippen LogP contribution in [0.25, 0.3) is 22.6 Å². The van der Waals surface area contributed by atoms with Gasteiger partial charge >= 0.3 is 6.55 Å². The van der Waals surface area contributed by atoms with Gasteiger partial charge in [-0.1, -0.05) is 0 Å². The molecule has 0 amide bonds. The standard InChI is InChI=1S/C26H31F2N9O2/c1-26(38)7-3-18(4-8-26)32-21-13-23(30-15-19(21)20-6-10-37(35-20)25(27)28)33-22-5-9-29-24(34-22)17-14-31-36(16-17)11-12-39-2/h5-6,9-10,13-16,18,25,38H,3-4,7-8,11-12H2,1-2H3,(H2,29,30,32,33,34). The topological polar surface area (TPSA) is 128 Å². The van der Waals surface area contributed by atoms with E-state index in [-0.39, 0.29) is 6.04 Å². The highest BCUT2D eigenvalue weighted by atomic mass is 19.3. The van der Waals surface area contributed by atoms with Gasteiger partial charge in [0.15, 0.2) is 5.82 Å². The lowest BCUT2D eigenvalue weighted by Crippen LogP contribution is -2.35. The SMILES string of the molecule is COCCn1cc(-c2nccc(Nc3cc(NC4CCC(C)(O)CC4)c(-c4ccn(C(F)F)n4)cn3)n2)cn1. The smallest absolute Gasteiger partial charge is 0.333 e. The van der Waals surface area contributed by atoms with Crippen LogP contribution >= 0.6 is 0 Å². The number of aliphatic hydroxyl groups is 1. The molecule has 0 aromatic carbocycles. The van der Waals surface area contributed by atoms with Crippen molar-refractivity contribution in [1.82, 2.24) is 34.5 Å². The summed E-state index contributed by atoms with van der Waals surface area (Å²) in [7, 11) is 1.64. The molecule has 1 saturated carbocycles. The summed E-state index contributed by atoms with van der Waals surface area (Å²) in [5, 5.41) is 25.4. The van der Waals surface area contributed by atoms with Crippen molar-refractivity contribution in [2.75, 3.05) is 24.4 Å². The van der Waals surface area contributed by atoms with Gasteiger partial charge in [-0.2, -0.15) is 19.0 Å². The number of ether oxygens (including phenoxy) is 1. The van der Waals surface area contributed by atoms with Crippen molar-refractivity contribution in [3.8, 4) is 22.6 Å². The maximum Gasteiger partial charge on any atom is 0.333 e. The predicted molar refractivity (Wildman–Crippen MR) is 142 cm³/mol. The zero-order valence-corrected chi connectivity index (χ0v) is 21.8. The second kappa shape index (κ2) is 11.4. The number of hydrogen-bond acceptors (Lipinski definition) is 9. The van der Waals surface area contributed by atoms with Crippen LogP contribution in [-0.4, -0.2) is 65.0 Å². The third-order valence-corrected chi connectivity index (χ3v) is 6.74. The first-order valence-electron chi connectivity index (χ1n) is 12.7. The number of methoxy groups -OCH3 is 1. The van der Waals surface area contributed by atoms with Gasteiger partial charge in [0, 0.05) is 55.3 Å². The molecule has 0 radical (unpaired) electrons. The first-order valence-corrected chi connectivity index (χ1v) is 12.7. The Hall–Kier alpha value is -3.97. The van der Waals surface area contributed by atoms with Crippen molar-refractivity contribution >= 4 is 17.3 Å². The van der Waals surface area contributed by atoms with Gasteiger partial charge in [-0.25, -0.2) is 19.6 Å². The van der Waals surface area contributed by atoms with Gasteiger partial charge in [0.05, 0.1) is 36.2 Å². The van der Waals surface area contributed by atoms with Gasteiger partial charge in [-0.15, -0.1) is 0 Å². The number of nitrogens with zero attached hydrogens (tertiary/aromatic N) is 7. The van der Waals surface area contributed by atoms with Crippen LogP contribution in [0.3, 0.4) is 0 Å². The molecule has 13 heteroatoms. The molecule has 0 bridgehead atoms. The van der Waals surface area contributed by atoms with Crippen molar-refractivity contribution < 1.29 is 18.6 Å². The van der Waals surface area contributed by atoms with Crippen molar-refractivity contribution in [2.45, 2.75) is 57.3 Å². The van der Waals surface area contributed by atoms with E-state index < -0.39 is 12.2 Å². The maximum absolute atomic E-state index is 13.2. The zero-order chi connectivity index (χ0) is 27.4. The Morgan fingerprint density at radius 2 is 2.00 bits per heavy atom. The Balaban J connectivity index is 1.39. The molecule has 4 aromatic rings. The molecule has 0 spiro atoms. The Morgan fingerprint density at radius 1 is 1.18 bits per heavy atom. The maximum atomic E-state index is 13.2. The molecule has 0 aliphatic heterocycles. The van der Waals surface area contributed by atoms with E-state index in [1.165, 1.54) is 12.3 Å². The lowest BCUT2D eigenvalue weighted by Gasteiger charge is -2.34. The van der Waals surface area contributed by atoms with Gasteiger partial charge in [0.2, 0.25) is 0 Å². The van der Waals surface area contributed by atoms with Crippen LogP contribution in [0.15, 0.2) is 49.2 Å². The van der Waals surface area contributed by atoms with Gasteiger partial charge in [0.25, 0.3) is 0 Å². The third-order valence-electron chi connectivity index (χ3n) is 6.74. The van der Waals surface area contributed by atoms with E-state index in [4.69, 9.17) is 4.74 Å². The lowest BCUT2D eigenvalue weighted by molar-refractivity contribution is 0.0196. The molecular weight excluding hydrogens is 508 g/mol. The summed E-state index contributed by atoms with van der Waals surface area (Å²) in [5.41, 5.74) is 1.78. The predicted octanol–water partition coefficient (Wildman–Crippen LogP) is 4.49. The van der Waals surface area contributed by atoms with Crippen LogP contribution in [0.1, 0.15) is 39.2 Å². The van der Waals surface area contributed by atoms with E-state index in [9.17, 15) is 13.9 Å². The Morgan fingerprint density at radius 3 is 2.74 bits per heavy atom. The average Bonchev–Trinajstić information content (AvgIpc) is 3.60. The van der Waals surface area contributed by atoms with Crippen LogP contribution in [0, 0.1) is 0 Å². The molecular formula is C26H31F2N9O2. The first-order chi connectivity index (χ1) is 18.8. The fourth-order valence-corrected chi connectivity index (χ4v) is 4.53. The number of halogens is 2. The number of pyridine rings is 1. The first kappa shape index (κ1) is 26.6. The molecule has 0 atom stereocenters. The van der Waals surface area contributed by atoms with E-state index in [1.54, 1.807) is 36.4 Å². The number of nitrogens with one attached hydrogen (secondary N) is 2. The van der Waals surface area contributed by atoms with E-state index >= 15 is 0 Å². The Bertz CT molecular complexity index is 1400. The monoisotopic (exact) mass is 539 g/mol. The van der Waals surface area contributed by atoms with Crippen molar-refractivity contribution in [3.63, 3.8) is 0 Å². The second-order valence-electron chi connectivity index (χ2n) is 9.86. The number of hydrogen-bond donors (Lipinski definition) is 3. The van der Waals surface area contributed by atoms with Crippen LogP contribution in [-0.2, 0) is 11.3 Å².